The molecule has 0 saturated heterocycles. The Labute approximate surface area is 182 Å². The highest BCUT2D eigenvalue weighted by Crippen LogP contribution is 2.19. The molecule has 7 heteroatoms. The summed E-state index contributed by atoms with van der Waals surface area (Å²) in [5, 5.41) is 15.3. The lowest BCUT2D eigenvalue weighted by Crippen LogP contribution is -2.44. The van der Waals surface area contributed by atoms with E-state index in [-0.39, 0.29) is 0 Å². The summed E-state index contributed by atoms with van der Waals surface area (Å²) < 4.78 is 2.09. The van der Waals surface area contributed by atoms with Gasteiger partial charge in [-0.1, -0.05) is 65.0 Å². The van der Waals surface area contributed by atoms with Gasteiger partial charge >= 0.3 is 0 Å². The molecule has 0 fully saturated rings. The van der Waals surface area contributed by atoms with Crippen LogP contribution in [0.1, 0.15) is 52.0 Å². The maximum absolute atomic E-state index is 4.80. The Kier molecular flexibility index (Phi) is 10.3. The van der Waals surface area contributed by atoms with Crippen molar-refractivity contribution in [3.63, 3.8) is 0 Å². The molecule has 0 aliphatic rings. The molecule has 30 heavy (non-hydrogen) atoms. The number of nitrogens with zero attached hydrogens (tertiary/aromatic N) is 5. The van der Waals surface area contributed by atoms with Crippen molar-refractivity contribution >= 4 is 5.96 Å². The molecule has 2 rings (SSSR count). The van der Waals surface area contributed by atoms with E-state index in [1.54, 1.807) is 6.33 Å². The number of rotatable bonds is 12. The first kappa shape index (κ1) is 23.9. The molecule has 0 spiro atoms. The second-order valence-electron chi connectivity index (χ2n) is 7.83. The van der Waals surface area contributed by atoms with E-state index in [1.807, 2.05) is 0 Å². The first-order valence-electron chi connectivity index (χ1n) is 11.3. The molecule has 0 aliphatic carbocycles. The zero-order valence-corrected chi connectivity index (χ0v) is 19.3. The van der Waals surface area contributed by atoms with Gasteiger partial charge in [-0.25, -0.2) is 0 Å². The van der Waals surface area contributed by atoms with Gasteiger partial charge in [0.05, 0.1) is 6.04 Å². The van der Waals surface area contributed by atoms with Gasteiger partial charge in [0.15, 0.2) is 5.96 Å². The number of aliphatic imine (C=N–C) groups is 1. The summed E-state index contributed by atoms with van der Waals surface area (Å²) in [5.41, 5.74) is 1.33. The van der Waals surface area contributed by atoms with E-state index in [4.69, 9.17) is 4.99 Å². The standard InChI is InChI=1S/C23H39N7/c1-6-22-28-27-18-30(22)15-14-24-23(25-16-19(4)5)26-17-21(29(7-2)8-3)20-12-10-9-11-13-20/h9-13,18-19,21H,6-8,14-17H2,1-5H3,(H2,24,25,26). The van der Waals surface area contributed by atoms with Crippen molar-refractivity contribution < 1.29 is 0 Å². The third kappa shape index (κ3) is 7.44. The van der Waals surface area contributed by atoms with E-state index >= 15 is 0 Å². The number of guanidine groups is 1. The molecular weight excluding hydrogens is 374 g/mol. The molecule has 166 valence electrons. The normalized spacial score (nSPS) is 13.1. The van der Waals surface area contributed by atoms with Gasteiger partial charge in [-0.05, 0) is 24.6 Å². The van der Waals surface area contributed by atoms with Crippen LogP contribution in [-0.2, 0) is 13.0 Å². The summed E-state index contributed by atoms with van der Waals surface area (Å²) in [6.07, 6.45) is 2.68. The molecule has 0 aliphatic heterocycles. The molecule has 1 heterocycles. The molecule has 0 saturated carbocycles. The Balaban J connectivity index is 2.03. The predicted octanol–water partition coefficient (Wildman–Crippen LogP) is 3.11. The Hall–Kier alpha value is -2.41. The molecule has 1 aromatic heterocycles. The molecule has 0 radical (unpaired) electrons. The number of hydrogen-bond acceptors (Lipinski definition) is 4. The first-order chi connectivity index (χ1) is 14.6. The summed E-state index contributed by atoms with van der Waals surface area (Å²) in [4.78, 5) is 7.28. The molecule has 1 atom stereocenters. The highest BCUT2D eigenvalue weighted by atomic mass is 15.3. The van der Waals surface area contributed by atoms with Crippen LogP contribution in [0.15, 0.2) is 41.7 Å². The Morgan fingerprint density at radius 3 is 2.47 bits per heavy atom. The first-order valence-corrected chi connectivity index (χ1v) is 11.3. The van der Waals surface area contributed by atoms with Gasteiger partial charge in [0.1, 0.15) is 12.2 Å². The molecule has 2 N–H and O–H groups in total. The monoisotopic (exact) mass is 413 g/mol. The Morgan fingerprint density at radius 1 is 1.10 bits per heavy atom. The summed E-state index contributed by atoms with van der Waals surface area (Å²) >= 11 is 0. The predicted molar refractivity (Wildman–Crippen MR) is 125 cm³/mol. The van der Waals surface area contributed by atoms with E-state index in [9.17, 15) is 0 Å². The number of hydrogen-bond donors (Lipinski definition) is 2. The van der Waals surface area contributed by atoms with Gasteiger partial charge in [0.25, 0.3) is 0 Å². The van der Waals surface area contributed by atoms with Crippen LogP contribution in [0.25, 0.3) is 0 Å². The summed E-state index contributed by atoms with van der Waals surface area (Å²) in [6, 6.07) is 11.0. The average molecular weight is 414 g/mol. The van der Waals surface area contributed by atoms with Crippen LogP contribution in [-0.4, -0.2) is 58.3 Å². The molecule has 1 aromatic carbocycles. The van der Waals surface area contributed by atoms with Crippen LogP contribution in [0.5, 0.6) is 0 Å². The van der Waals surface area contributed by atoms with Gasteiger partial charge in [-0.3, -0.25) is 9.89 Å². The lowest BCUT2D eigenvalue weighted by molar-refractivity contribution is 0.219. The summed E-state index contributed by atoms with van der Waals surface area (Å²) in [6.45, 7) is 16.1. The number of benzene rings is 1. The summed E-state index contributed by atoms with van der Waals surface area (Å²) in [5.74, 6) is 2.39. The summed E-state index contributed by atoms with van der Waals surface area (Å²) in [7, 11) is 0. The van der Waals surface area contributed by atoms with Crippen molar-refractivity contribution in [3.8, 4) is 0 Å². The number of likely N-dealkylation sites (N-methyl/N-ethyl adjacent to an activating group) is 1. The third-order valence-electron chi connectivity index (χ3n) is 5.17. The van der Waals surface area contributed by atoms with E-state index in [2.05, 4.69) is 95.2 Å². The Bertz CT molecular complexity index is 735. The lowest BCUT2D eigenvalue weighted by Gasteiger charge is -2.31. The fourth-order valence-corrected chi connectivity index (χ4v) is 3.47. The highest BCUT2D eigenvalue weighted by Gasteiger charge is 2.18. The van der Waals surface area contributed by atoms with Crippen molar-refractivity contribution in [3.05, 3.63) is 48.0 Å². The zero-order chi connectivity index (χ0) is 21.8. The van der Waals surface area contributed by atoms with Crippen LogP contribution >= 0.6 is 0 Å². The smallest absolute Gasteiger partial charge is 0.191 e. The fourth-order valence-electron chi connectivity index (χ4n) is 3.47. The molecule has 0 amide bonds. The number of aromatic nitrogens is 3. The van der Waals surface area contributed by atoms with Crippen molar-refractivity contribution in [1.82, 2.24) is 30.3 Å². The van der Waals surface area contributed by atoms with E-state index < -0.39 is 0 Å². The van der Waals surface area contributed by atoms with Gasteiger partial charge in [-0.2, -0.15) is 0 Å². The lowest BCUT2D eigenvalue weighted by atomic mass is 10.1. The van der Waals surface area contributed by atoms with Crippen LogP contribution in [0.4, 0.5) is 0 Å². The number of nitrogens with one attached hydrogen (secondary N) is 2. The molecule has 1 unspecified atom stereocenters. The van der Waals surface area contributed by atoms with Crippen molar-refractivity contribution in [2.24, 2.45) is 10.9 Å². The largest absolute Gasteiger partial charge is 0.355 e. The number of aryl methyl sites for hydroxylation is 1. The van der Waals surface area contributed by atoms with Crippen LogP contribution < -0.4 is 10.6 Å². The maximum Gasteiger partial charge on any atom is 0.191 e. The van der Waals surface area contributed by atoms with E-state index in [1.165, 1.54) is 5.56 Å². The molecule has 7 nitrogen and oxygen atoms in total. The minimum Gasteiger partial charge on any atom is -0.355 e. The maximum atomic E-state index is 4.80. The molecule has 2 aromatic rings. The van der Waals surface area contributed by atoms with E-state index in [0.29, 0.717) is 12.0 Å². The van der Waals surface area contributed by atoms with Crippen LogP contribution in [0.2, 0.25) is 0 Å². The second-order valence-corrected chi connectivity index (χ2v) is 7.83. The second kappa shape index (κ2) is 13.0. The van der Waals surface area contributed by atoms with Gasteiger partial charge in [0.2, 0.25) is 0 Å². The topological polar surface area (TPSA) is 70.4 Å². The van der Waals surface area contributed by atoms with E-state index in [0.717, 1.165) is 57.5 Å². The zero-order valence-electron chi connectivity index (χ0n) is 19.3. The average Bonchev–Trinajstić information content (AvgIpc) is 3.22. The van der Waals surface area contributed by atoms with Crippen LogP contribution in [0, 0.1) is 5.92 Å². The third-order valence-corrected chi connectivity index (χ3v) is 5.17. The highest BCUT2D eigenvalue weighted by molar-refractivity contribution is 5.79. The fraction of sp³-hybridized carbons (Fsp3) is 0.609. The van der Waals surface area contributed by atoms with Gasteiger partial charge in [-0.15, -0.1) is 10.2 Å². The van der Waals surface area contributed by atoms with Crippen molar-refractivity contribution in [2.45, 2.75) is 53.6 Å². The quantitative estimate of drug-likeness (QED) is 0.413. The van der Waals surface area contributed by atoms with Crippen molar-refractivity contribution in [2.75, 3.05) is 32.7 Å². The van der Waals surface area contributed by atoms with Crippen molar-refractivity contribution in [1.29, 1.82) is 0 Å². The molecular formula is C23H39N7. The van der Waals surface area contributed by atoms with Gasteiger partial charge in [0, 0.05) is 32.6 Å². The Morgan fingerprint density at radius 2 is 1.83 bits per heavy atom. The molecule has 0 bridgehead atoms. The minimum absolute atomic E-state index is 0.303. The van der Waals surface area contributed by atoms with Gasteiger partial charge < -0.3 is 15.2 Å². The van der Waals surface area contributed by atoms with Crippen LogP contribution in [0.3, 0.4) is 0 Å². The minimum atomic E-state index is 0.303. The SMILES string of the molecule is CCc1nncn1CCNC(=NCC(C)C)NCC(c1ccccc1)N(CC)CC.